The van der Waals surface area contributed by atoms with Gasteiger partial charge in [0.25, 0.3) is 0 Å². The maximum Gasteiger partial charge on any atom is 0.215 e. The van der Waals surface area contributed by atoms with Gasteiger partial charge in [0, 0.05) is 12.2 Å². The molecule has 0 aliphatic carbocycles. The molecule has 5 nitrogen and oxygen atoms in total. The van der Waals surface area contributed by atoms with Gasteiger partial charge < -0.3 is 10.8 Å². The van der Waals surface area contributed by atoms with E-state index in [1.165, 1.54) is 0 Å². The van der Waals surface area contributed by atoms with Crippen LogP contribution in [0, 0.1) is 0 Å². The number of hydrogen-bond donors (Lipinski definition) is 3. The van der Waals surface area contributed by atoms with E-state index in [1.807, 2.05) is 0 Å². The van der Waals surface area contributed by atoms with Gasteiger partial charge in [0.1, 0.15) is 5.75 Å². The molecule has 0 unspecified atom stereocenters. The summed E-state index contributed by atoms with van der Waals surface area (Å²) in [6, 6.07) is 13.5. The number of phenols is 1. The molecule has 0 radical (unpaired) electrons. The number of nitrogen functional groups attached to an aromatic ring is 1. The largest absolute Gasteiger partial charge is 0.508 e. The van der Waals surface area contributed by atoms with Gasteiger partial charge in [0.2, 0.25) is 10.0 Å². The third-order valence-electron chi connectivity index (χ3n) is 2.98. The van der Waals surface area contributed by atoms with E-state index < -0.39 is 10.0 Å². The Morgan fingerprint density at radius 3 is 2.43 bits per heavy atom. The van der Waals surface area contributed by atoms with Gasteiger partial charge in [-0.2, -0.15) is 0 Å². The summed E-state index contributed by atoms with van der Waals surface area (Å²) in [5, 5.41) is 9.18. The van der Waals surface area contributed by atoms with E-state index in [4.69, 9.17) is 5.73 Å². The molecule has 0 heterocycles. The maximum absolute atomic E-state index is 12.0. The van der Waals surface area contributed by atoms with Crippen molar-refractivity contribution in [1.82, 2.24) is 4.72 Å². The average Bonchev–Trinajstić information content (AvgIpc) is 2.40. The topological polar surface area (TPSA) is 92.4 Å². The van der Waals surface area contributed by atoms with Crippen LogP contribution in [0.15, 0.2) is 48.5 Å². The fourth-order valence-corrected chi connectivity index (χ4v) is 3.10. The molecule has 2 rings (SSSR count). The molecule has 0 spiro atoms. The molecule has 112 valence electrons. The number of sulfonamides is 1. The van der Waals surface area contributed by atoms with E-state index in [2.05, 4.69) is 4.72 Å². The number of phenolic OH excluding ortho intramolecular Hbond substituents is 1. The van der Waals surface area contributed by atoms with Gasteiger partial charge >= 0.3 is 0 Å². The molecule has 0 aromatic heterocycles. The van der Waals surface area contributed by atoms with Gasteiger partial charge in [0.05, 0.1) is 5.75 Å². The summed E-state index contributed by atoms with van der Waals surface area (Å²) >= 11 is 0. The van der Waals surface area contributed by atoms with E-state index in [9.17, 15) is 13.5 Å². The van der Waals surface area contributed by atoms with Gasteiger partial charge in [-0.1, -0.05) is 24.3 Å². The van der Waals surface area contributed by atoms with Crippen LogP contribution in [0.4, 0.5) is 5.69 Å². The van der Waals surface area contributed by atoms with E-state index in [0.717, 1.165) is 5.56 Å². The second-order valence-corrected chi connectivity index (χ2v) is 6.62. The van der Waals surface area contributed by atoms with Crippen LogP contribution in [0.1, 0.15) is 11.1 Å². The van der Waals surface area contributed by atoms with Gasteiger partial charge in [-0.05, 0) is 41.8 Å². The zero-order valence-electron chi connectivity index (χ0n) is 11.5. The summed E-state index contributed by atoms with van der Waals surface area (Å²) < 4.78 is 26.5. The number of benzene rings is 2. The zero-order valence-corrected chi connectivity index (χ0v) is 12.3. The molecule has 2 aromatic rings. The molecule has 0 atom stereocenters. The quantitative estimate of drug-likeness (QED) is 0.707. The lowest BCUT2D eigenvalue weighted by atomic mass is 10.1. The van der Waals surface area contributed by atoms with Crippen LogP contribution < -0.4 is 10.5 Å². The van der Waals surface area contributed by atoms with E-state index in [-0.39, 0.29) is 11.5 Å². The summed E-state index contributed by atoms with van der Waals surface area (Å²) in [6.07, 6.45) is 0.566. The molecule has 4 N–H and O–H groups in total. The first-order valence-corrected chi connectivity index (χ1v) is 8.19. The number of hydrogen-bond acceptors (Lipinski definition) is 4. The Kier molecular flexibility index (Phi) is 4.82. The minimum absolute atomic E-state index is 0.0897. The zero-order chi connectivity index (χ0) is 15.3. The minimum Gasteiger partial charge on any atom is -0.508 e. The standard InChI is InChI=1S/C15H18N2O3S/c16-14-3-1-2-13(10-14)11-21(19,20)17-9-8-12-4-6-15(18)7-5-12/h1-7,10,17-18H,8-9,11,16H2. The molecular weight excluding hydrogens is 288 g/mol. The molecule has 0 fully saturated rings. The fourth-order valence-electron chi connectivity index (χ4n) is 1.97. The molecule has 0 aliphatic heterocycles. The first-order chi connectivity index (χ1) is 9.94. The highest BCUT2D eigenvalue weighted by atomic mass is 32.2. The second kappa shape index (κ2) is 6.60. The first kappa shape index (κ1) is 15.3. The lowest BCUT2D eigenvalue weighted by Crippen LogP contribution is -2.27. The highest BCUT2D eigenvalue weighted by Crippen LogP contribution is 2.11. The Morgan fingerprint density at radius 2 is 1.76 bits per heavy atom. The molecule has 0 amide bonds. The summed E-state index contributed by atoms with van der Waals surface area (Å²) in [7, 11) is -3.38. The predicted molar refractivity (Wildman–Crippen MR) is 83.3 cm³/mol. The molecule has 21 heavy (non-hydrogen) atoms. The Hall–Kier alpha value is -2.05. The molecule has 0 saturated heterocycles. The van der Waals surface area contributed by atoms with E-state index >= 15 is 0 Å². The number of anilines is 1. The van der Waals surface area contributed by atoms with Gasteiger partial charge in [-0.15, -0.1) is 0 Å². The molecule has 2 aromatic carbocycles. The Balaban J connectivity index is 1.88. The van der Waals surface area contributed by atoms with Crippen LogP contribution in [0.2, 0.25) is 0 Å². The molecular formula is C15H18N2O3S. The van der Waals surface area contributed by atoms with Crippen molar-refractivity contribution in [2.75, 3.05) is 12.3 Å². The van der Waals surface area contributed by atoms with Crippen molar-refractivity contribution in [3.8, 4) is 5.75 Å². The lowest BCUT2D eigenvalue weighted by molar-refractivity contribution is 0.475. The first-order valence-electron chi connectivity index (χ1n) is 6.54. The molecule has 6 heteroatoms. The van der Waals surface area contributed by atoms with Crippen molar-refractivity contribution in [3.63, 3.8) is 0 Å². The van der Waals surface area contributed by atoms with Gasteiger partial charge in [-0.25, -0.2) is 13.1 Å². The van der Waals surface area contributed by atoms with Crippen molar-refractivity contribution >= 4 is 15.7 Å². The van der Waals surface area contributed by atoms with Crippen LogP contribution in [0.5, 0.6) is 5.75 Å². The smallest absolute Gasteiger partial charge is 0.215 e. The highest BCUT2D eigenvalue weighted by molar-refractivity contribution is 7.88. The fraction of sp³-hybridized carbons (Fsp3) is 0.200. The van der Waals surface area contributed by atoms with E-state index in [1.54, 1.807) is 48.5 Å². The predicted octanol–water partition coefficient (Wildman–Crippen LogP) is 1.64. The summed E-state index contributed by atoms with van der Waals surface area (Å²) in [5.74, 6) is 0.106. The van der Waals surface area contributed by atoms with Crippen molar-refractivity contribution < 1.29 is 13.5 Å². The molecule has 0 saturated carbocycles. The maximum atomic E-state index is 12.0. The van der Waals surface area contributed by atoms with Crippen LogP contribution in [0.3, 0.4) is 0 Å². The van der Waals surface area contributed by atoms with Crippen LogP contribution in [-0.4, -0.2) is 20.1 Å². The van der Waals surface area contributed by atoms with Crippen molar-refractivity contribution in [1.29, 1.82) is 0 Å². The van der Waals surface area contributed by atoms with Crippen molar-refractivity contribution in [3.05, 3.63) is 59.7 Å². The number of nitrogens with one attached hydrogen (secondary N) is 1. The third kappa shape index (κ3) is 5.09. The summed E-state index contributed by atoms with van der Waals surface area (Å²) in [4.78, 5) is 0. The Morgan fingerprint density at radius 1 is 1.05 bits per heavy atom. The van der Waals surface area contributed by atoms with E-state index in [0.29, 0.717) is 24.2 Å². The third-order valence-corrected chi connectivity index (χ3v) is 4.34. The normalized spacial score (nSPS) is 11.4. The number of aromatic hydroxyl groups is 1. The molecule has 0 aliphatic rings. The van der Waals surface area contributed by atoms with Crippen molar-refractivity contribution in [2.45, 2.75) is 12.2 Å². The van der Waals surface area contributed by atoms with Crippen LogP contribution >= 0.6 is 0 Å². The van der Waals surface area contributed by atoms with Crippen LogP contribution in [-0.2, 0) is 22.2 Å². The summed E-state index contributed by atoms with van der Waals surface area (Å²) in [6.45, 7) is 0.315. The summed E-state index contributed by atoms with van der Waals surface area (Å²) in [5.41, 5.74) is 7.80. The highest BCUT2D eigenvalue weighted by Gasteiger charge is 2.11. The SMILES string of the molecule is Nc1cccc(CS(=O)(=O)NCCc2ccc(O)cc2)c1. The van der Waals surface area contributed by atoms with Crippen LogP contribution in [0.25, 0.3) is 0 Å². The Labute approximate surface area is 124 Å². The Bertz CT molecular complexity index is 697. The van der Waals surface area contributed by atoms with Gasteiger partial charge in [0.15, 0.2) is 0 Å². The second-order valence-electron chi connectivity index (χ2n) is 4.81. The average molecular weight is 306 g/mol. The van der Waals surface area contributed by atoms with Crippen molar-refractivity contribution in [2.24, 2.45) is 0 Å². The van der Waals surface area contributed by atoms with Gasteiger partial charge in [-0.3, -0.25) is 0 Å². The minimum atomic E-state index is -3.38. The monoisotopic (exact) mass is 306 g/mol. The number of nitrogens with two attached hydrogens (primary N) is 1. The lowest BCUT2D eigenvalue weighted by Gasteiger charge is -2.07. The molecule has 0 bridgehead atoms. The number of rotatable bonds is 6.